The number of nitrogens with zero attached hydrogens (tertiary/aromatic N) is 1. The third-order valence-corrected chi connectivity index (χ3v) is 6.38. The fraction of sp³-hybridized carbons (Fsp3) is 0.385. The molecule has 176 valence electrons. The van der Waals surface area contributed by atoms with Crippen LogP contribution in [0.3, 0.4) is 0 Å². The van der Waals surface area contributed by atoms with Crippen LogP contribution in [0.4, 0.5) is 10.5 Å². The minimum Gasteiger partial charge on any atom is -0.497 e. The van der Waals surface area contributed by atoms with Crippen LogP contribution in [-0.2, 0) is 11.3 Å². The van der Waals surface area contributed by atoms with Crippen molar-refractivity contribution >= 4 is 29.3 Å². The number of hydrogen-bond donors (Lipinski definition) is 1. The Kier molecular flexibility index (Phi) is 9.24. The number of methoxy groups -OCH3 is 1. The first kappa shape index (κ1) is 24.7. The van der Waals surface area contributed by atoms with Crippen molar-refractivity contribution in [2.45, 2.75) is 57.4 Å². The summed E-state index contributed by atoms with van der Waals surface area (Å²) in [4.78, 5) is 27.1. The van der Waals surface area contributed by atoms with Crippen LogP contribution in [0, 0.1) is 0 Å². The number of ketones is 1. The summed E-state index contributed by atoms with van der Waals surface area (Å²) in [5.74, 6) is 1.23. The van der Waals surface area contributed by atoms with Crippen LogP contribution in [0.1, 0.15) is 51.5 Å². The lowest BCUT2D eigenvalue weighted by Gasteiger charge is -2.21. The van der Waals surface area contributed by atoms with Gasteiger partial charge in [-0.1, -0.05) is 56.5 Å². The summed E-state index contributed by atoms with van der Waals surface area (Å²) in [5, 5.41) is 3.67. The Hall–Kier alpha value is -2.93. The van der Waals surface area contributed by atoms with E-state index in [0.717, 1.165) is 39.8 Å². The number of nitrogens with one attached hydrogen (secondary N) is 1. The van der Waals surface area contributed by atoms with Gasteiger partial charge in [-0.2, -0.15) is 0 Å². The number of anilines is 1. The quantitative estimate of drug-likeness (QED) is 0.308. The van der Waals surface area contributed by atoms with Crippen LogP contribution >= 0.6 is 11.8 Å². The number of hydrogen-bond acceptors (Lipinski definition) is 6. The van der Waals surface area contributed by atoms with Crippen LogP contribution in [0.25, 0.3) is 0 Å². The van der Waals surface area contributed by atoms with E-state index in [9.17, 15) is 9.59 Å². The maximum atomic E-state index is 12.2. The Morgan fingerprint density at radius 1 is 1.06 bits per heavy atom. The van der Waals surface area contributed by atoms with Gasteiger partial charge in [0.05, 0.1) is 17.8 Å². The lowest BCUT2D eigenvalue weighted by molar-refractivity contribution is -0.112. The van der Waals surface area contributed by atoms with E-state index < -0.39 is 6.09 Å². The van der Waals surface area contributed by atoms with Gasteiger partial charge in [-0.25, -0.2) is 4.79 Å². The summed E-state index contributed by atoms with van der Waals surface area (Å²) in [6.45, 7) is 4.89. The SMILES string of the molecule is CCCCCCCNC(=O)Oc1ccc2c(c1)N(Cc1cccc(OC)c1)/C(=C/C(C)=O)S2. The molecule has 0 aliphatic carbocycles. The highest BCUT2D eigenvalue weighted by Crippen LogP contribution is 2.48. The van der Waals surface area contributed by atoms with Crippen molar-refractivity contribution in [1.29, 1.82) is 0 Å². The highest BCUT2D eigenvalue weighted by atomic mass is 32.2. The summed E-state index contributed by atoms with van der Waals surface area (Å²) in [7, 11) is 1.64. The normalized spacial score (nSPS) is 13.7. The summed E-state index contributed by atoms with van der Waals surface area (Å²) in [5.41, 5.74) is 1.95. The van der Waals surface area contributed by atoms with Gasteiger partial charge in [0.1, 0.15) is 11.5 Å². The topological polar surface area (TPSA) is 67.9 Å². The molecule has 1 aliphatic rings. The smallest absolute Gasteiger partial charge is 0.412 e. The van der Waals surface area contributed by atoms with Crippen LogP contribution in [-0.4, -0.2) is 25.5 Å². The molecule has 0 bridgehead atoms. The molecule has 0 saturated carbocycles. The van der Waals surface area contributed by atoms with Gasteiger partial charge in [-0.3, -0.25) is 4.79 Å². The minimum absolute atomic E-state index is 0.0178. The summed E-state index contributed by atoms with van der Waals surface area (Å²) in [6.07, 6.45) is 6.85. The van der Waals surface area contributed by atoms with Crippen molar-refractivity contribution in [1.82, 2.24) is 5.32 Å². The molecule has 33 heavy (non-hydrogen) atoms. The molecule has 1 aliphatic heterocycles. The second-order valence-corrected chi connectivity index (χ2v) is 9.06. The molecular weight excluding hydrogens is 436 g/mol. The molecule has 0 saturated heterocycles. The molecule has 0 atom stereocenters. The first-order valence-electron chi connectivity index (χ1n) is 11.4. The van der Waals surface area contributed by atoms with Crippen LogP contribution in [0.15, 0.2) is 58.5 Å². The predicted octanol–water partition coefficient (Wildman–Crippen LogP) is 6.30. The number of rotatable bonds is 11. The van der Waals surface area contributed by atoms with Crippen molar-refractivity contribution in [3.63, 3.8) is 0 Å². The van der Waals surface area contributed by atoms with Crippen molar-refractivity contribution in [3.8, 4) is 11.5 Å². The predicted molar refractivity (Wildman–Crippen MR) is 133 cm³/mol. The molecule has 1 amide bonds. The zero-order valence-electron chi connectivity index (χ0n) is 19.6. The molecular formula is C26H32N2O4S. The van der Waals surface area contributed by atoms with Gasteiger partial charge >= 0.3 is 6.09 Å². The minimum atomic E-state index is -0.449. The second kappa shape index (κ2) is 12.3. The maximum absolute atomic E-state index is 12.2. The van der Waals surface area contributed by atoms with Crippen molar-refractivity contribution in [2.24, 2.45) is 0 Å². The molecule has 0 spiro atoms. The third kappa shape index (κ3) is 7.29. The molecule has 0 aromatic heterocycles. The largest absolute Gasteiger partial charge is 0.497 e. The summed E-state index contributed by atoms with van der Waals surface area (Å²) >= 11 is 1.53. The fourth-order valence-electron chi connectivity index (χ4n) is 3.60. The van der Waals surface area contributed by atoms with Gasteiger partial charge in [-0.15, -0.1) is 0 Å². The maximum Gasteiger partial charge on any atom is 0.412 e. The molecule has 3 rings (SSSR count). The Balaban J connectivity index is 1.71. The number of carbonyl (C=O) groups excluding carboxylic acids is 2. The van der Waals surface area contributed by atoms with Crippen molar-refractivity contribution in [3.05, 3.63) is 59.1 Å². The number of thioether (sulfide) groups is 1. The number of unbranched alkanes of at least 4 members (excludes halogenated alkanes) is 4. The fourth-order valence-corrected chi connectivity index (χ4v) is 4.74. The molecule has 0 fully saturated rings. The summed E-state index contributed by atoms with van der Waals surface area (Å²) < 4.78 is 10.9. The van der Waals surface area contributed by atoms with E-state index in [2.05, 4.69) is 17.1 Å². The van der Waals surface area contributed by atoms with Gasteiger partial charge in [0.25, 0.3) is 0 Å². The van der Waals surface area contributed by atoms with E-state index in [1.807, 2.05) is 36.4 Å². The van der Waals surface area contributed by atoms with Crippen molar-refractivity contribution in [2.75, 3.05) is 18.6 Å². The number of fused-ring (bicyclic) bond motifs is 1. The van der Waals surface area contributed by atoms with Gasteiger partial charge in [-0.05, 0) is 43.2 Å². The molecule has 1 N–H and O–H groups in total. The van der Waals surface area contributed by atoms with Crippen LogP contribution < -0.4 is 19.7 Å². The first-order chi connectivity index (χ1) is 16.0. The Bertz CT molecular complexity index is 1010. The van der Waals surface area contributed by atoms with E-state index in [-0.39, 0.29) is 5.78 Å². The van der Waals surface area contributed by atoms with E-state index in [4.69, 9.17) is 9.47 Å². The van der Waals surface area contributed by atoms with E-state index in [0.29, 0.717) is 18.8 Å². The van der Waals surface area contributed by atoms with Gasteiger partial charge in [0.15, 0.2) is 5.78 Å². The second-order valence-electron chi connectivity index (χ2n) is 7.99. The Morgan fingerprint density at radius 3 is 2.64 bits per heavy atom. The lowest BCUT2D eigenvalue weighted by atomic mass is 10.1. The van der Waals surface area contributed by atoms with Gasteiger partial charge in [0, 0.05) is 30.1 Å². The molecule has 0 unspecified atom stereocenters. The zero-order chi connectivity index (χ0) is 23.6. The molecule has 0 radical (unpaired) electrons. The molecule has 7 heteroatoms. The molecule has 2 aromatic rings. The highest BCUT2D eigenvalue weighted by molar-refractivity contribution is 8.03. The number of amides is 1. The average Bonchev–Trinajstić information content (AvgIpc) is 3.12. The van der Waals surface area contributed by atoms with E-state index in [1.165, 1.54) is 31.0 Å². The number of allylic oxidation sites excluding steroid dienone is 1. The monoisotopic (exact) mass is 468 g/mol. The Morgan fingerprint density at radius 2 is 1.88 bits per heavy atom. The Labute approximate surface area is 200 Å². The number of carbonyl (C=O) groups is 2. The van der Waals surface area contributed by atoms with Gasteiger partial charge in [0.2, 0.25) is 0 Å². The van der Waals surface area contributed by atoms with Crippen LogP contribution in [0.5, 0.6) is 11.5 Å². The standard InChI is InChI=1S/C26H32N2O4S/c1-4-5-6-7-8-14-27-26(30)32-22-12-13-24-23(17-22)28(25(33-24)15-19(2)29)18-20-10-9-11-21(16-20)31-3/h9-13,15-17H,4-8,14,18H2,1-3H3,(H,27,30)/b25-15-. The third-order valence-electron chi connectivity index (χ3n) is 5.26. The van der Waals surface area contributed by atoms with Crippen molar-refractivity contribution < 1.29 is 19.1 Å². The number of benzene rings is 2. The van der Waals surface area contributed by atoms with Gasteiger partial charge < -0.3 is 19.7 Å². The molecule has 6 nitrogen and oxygen atoms in total. The lowest BCUT2D eigenvalue weighted by Crippen LogP contribution is -2.27. The molecule has 1 heterocycles. The highest BCUT2D eigenvalue weighted by Gasteiger charge is 2.27. The molecule has 2 aromatic carbocycles. The van der Waals surface area contributed by atoms with E-state index in [1.54, 1.807) is 26.2 Å². The zero-order valence-corrected chi connectivity index (χ0v) is 20.4. The number of ether oxygens (including phenoxy) is 2. The first-order valence-corrected chi connectivity index (χ1v) is 12.2. The average molecular weight is 469 g/mol. The summed E-state index contributed by atoms with van der Waals surface area (Å²) in [6, 6.07) is 13.4. The van der Waals surface area contributed by atoms with Crippen LogP contribution in [0.2, 0.25) is 0 Å². The van der Waals surface area contributed by atoms with E-state index >= 15 is 0 Å².